The first-order chi connectivity index (χ1) is 12.3. The number of aryl methyl sites for hydroxylation is 1. The first kappa shape index (κ1) is 22.0. The zero-order valence-corrected chi connectivity index (χ0v) is 17.7. The average Bonchev–Trinajstić information content (AvgIpc) is 3.11. The van der Waals surface area contributed by atoms with E-state index >= 15 is 0 Å². The van der Waals surface area contributed by atoms with E-state index in [1.54, 1.807) is 12.1 Å². The maximum absolute atomic E-state index is 12.2. The predicted octanol–water partition coefficient (Wildman–Crippen LogP) is 3.47. The summed E-state index contributed by atoms with van der Waals surface area (Å²) in [4.78, 5) is 2.39. The molecule has 1 radical (unpaired) electrons. The zero-order chi connectivity index (χ0) is 20.5. The van der Waals surface area contributed by atoms with Gasteiger partial charge in [-0.15, -0.1) is 10.3 Å². The van der Waals surface area contributed by atoms with Gasteiger partial charge in [0, 0.05) is 6.54 Å². The smallest absolute Gasteiger partial charge is 0.294 e. The zero-order valence-electron chi connectivity index (χ0n) is 16.9. The van der Waals surface area contributed by atoms with E-state index in [1.165, 1.54) is 48.7 Å². The minimum Gasteiger partial charge on any atom is -0.299 e. The molecule has 0 aliphatic carbocycles. The molecule has 6 nitrogen and oxygen atoms in total. The Morgan fingerprint density at radius 3 is 1.96 bits per heavy atom. The molecule has 1 aromatic rings. The monoisotopic (exact) mass is 395 g/mol. The van der Waals surface area contributed by atoms with Crippen LogP contribution in [0, 0.1) is 6.92 Å². The molecule has 0 unspecified atom stereocenters. The molecule has 1 fully saturated rings. The van der Waals surface area contributed by atoms with E-state index in [-0.39, 0.29) is 16.0 Å². The van der Waals surface area contributed by atoms with Crippen LogP contribution in [0.25, 0.3) is 0 Å². The van der Waals surface area contributed by atoms with Crippen molar-refractivity contribution >= 4 is 10.1 Å². The number of hydrogen-bond donors (Lipinski definition) is 1. The third kappa shape index (κ3) is 5.39. The van der Waals surface area contributed by atoms with E-state index in [0.717, 1.165) is 12.1 Å². The van der Waals surface area contributed by atoms with Crippen molar-refractivity contribution in [2.75, 3.05) is 19.6 Å². The van der Waals surface area contributed by atoms with Crippen LogP contribution < -0.4 is 0 Å². The van der Waals surface area contributed by atoms with Gasteiger partial charge in [-0.2, -0.15) is 8.42 Å². The second-order valence-corrected chi connectivity index (χ2v) is 9.87. The van der Waals surface area contributed by atoms with Gasteiger partial charge in [0.25, 0.3) is 10.1 Å². The number of rotatable bonds is 3. The van der Waals surface area contributed by atoms with Crippen LogP contribution in [0.4, 0.5) is 0 Å². The van der Waals surface area contributed by atoms with Gasteiger partial charge >= 0.3 is 0 Å². The second-order valence-electron chi connectivity index (χ2n) is 8.45. The lowest BCUT2D eigenvalue weighted by molar-refractivity contribution is -0.238. The van der Waals surface area contributed by atoms with Gasteiger partial charge in [-0.05, 0) is 78.3 Å². The van der Waals surface area contributed by atoms with Gasteiger partial charge in [-0.3, -0.25) is 9.45 Å². The Kier molecular flexibility index (Phi) is 6.54. The Bertz CT molecular complexity index is 777. The molecule has 0 bridgehead atoms. The molecule has 3 rings (SSSR count). The third-order valence-corrected chi connectivity index (χ3v) is 6.12. The quantitative estimate of drug-likeness (QED) is 0.626. The Morgan fingerprint density at radius 2 is 1.56 bits per heavy atom. The van der Waals surface area contributed by atoms with Gasteiger partial charge in [0.2, 0.25) is 0 Å². The molecule has 2 aliphatic rings. The molecule has 2 aliphatic heterocycles. The molecule has 151 valence electrons. The standard InChI is InChI=1S/C13H23N2O.C7H8O3S/c1-12(2)9-11(13(3,4)15(12)16)10-14-7-5-6-8-14;1-6-2-4-7(5-3-6)11(8,9)10/h9H,5-8,10H2,1-4H3;2-5H,1H3,(H,8,9,10). The summed E-state index contributed by atoms with van der Waals surface area (Å²) in [5, 5.41) is 13.4. The Morgan fingerprint density at radius 1 is 1.04 bits per heavy atom. The fraction of sp³-hybridized carbons (Fsp3) is 0.600. The minimum absolute atomic E-state index is 0.0666. The summed E-state index contributed by atoms with van der Waals surface area (Å²) in [6, 6.07) is 5.99. The van der Waals surface area contributed by atoms with Crippen LogP contribution in [0.5, 0.6) is 0 Å². The molecule has 1 N–H and O–H groups in total. The number of benzene rings is 1. The number of nitrogens with zero attached hydrogens (tertiary/aromatic N) is 2. The minimum atomic E-state index is -4.02. The van der Waals surface area contributed by atoms with Gasteiger partial charge in [0.1, 0.15) is 0 Å². The summed E-state index contributed by atoms with van der Waals surface area (Å²) < 4.78 is 29.6. The van der Waals surface area contributed by atoms with E-state index in [0.29, 0.717) is 0 Å². The van der Waals surface area contributed by atoms with Crippen molar-refractivity contribution in [3.05, 3.63) is 41.5 Å². The largest absolute Gasteiger partial charge is 0.299 e. The highest BCUT2D eigenvalue weighted by atomic mass is 32.2. The maximum Gasteiger partial charge on any atom is 0.294 e. The molecule has 27 heavy (non-hydrogen) atoms. The van der Waals surface area contributed by atoms with E-state index in [9.17, 15) is 13.6 Å². The molecule has 0 amide bonds. The van der Waals surface area contributed by atoms with Crippen molar-refractivity contribution in [1.82, 2.24) is 9.96 Å². The van der Waals surface area contributed by atoms with Gasteiger partial charge in [0.15, 0.2) is 0 Å². The molecule has 1 aromatic carbocycles. The third-order valence-electron chi connectivity index (χ3n) is 5.26. The van der Waals surface area contributed by atoms with Crippen molar-refractivity contribution in [2.45, 2.75) is 63.4 Å². The van der Waals surface area contributed by atoms with Crippen molar-refractivity contribution in [3.63, 3.8) is 0 Å². The lowest BCUT2D eigenvalue weighted by Crippen LogP contribution is -2.47. The lowest BCUT2D eigenvalue weighted by Gasteiger charge is -2.34. The van der Waals surface area contributed by atoms with Crippen molar-refractivity contribution < 1.29 is 18.2 Å². The first-order valence-electron chi connectivity index (χ1n) is 9.30. The normalized spacial score (nSPS) is 22.3. The Labute approximate surface area is 163 Å². The Balaban J connectivity index is 0.000000208. The molecular weight excluding hydrogens is 364 g/mol. The summed E-state index contributed by atoms with van der Waals surface area (Å²) in [6.45, 7) is 13.3. The average molecular weight is 396 g/mol. The fourth-order valence-corrected chi connectivity index (χ4v) is 4.12. The van der Waals surface area contributed by atoms with Crippen LogP contribution in [0.15, 0.2) is 40.8 Å². The molecule has 2 heterocycles. The highest BCUT2D eigenvalue weighted by molar-refractivity contribution is 7.85. The van der Waals surface area contributed by atoms with Crippen molar-refractivity contribution in [1.29, 1.82) is 0 Å². The molecular formula is C20H31N2O4S. The summed E-state index contributed by atoms with van der Waals surface area (Å²) in [5.74, 6) is 0. The van der Waals surface area contributed by atoms with Gasteiger partial charge in [-0.25, -0.2) is 0 Å². The molecule has 0 saturated carbocycles. The van der Waals surface area contributed by atoms with Crippen LogP contribution in [-0.4, -0.2) is 53.6 Å². The van der Waals surface area contributed by atoms with Crippen LogP contribution in [0.2, 0.25) is 0 Å². The number of likely N-dealkylation sites (tertiary alicyclic amines) is 1. The van der Waals surface area contributed by atoms with Crippen LogP contribution in [0.1, 0.15) is 46.1 Å². The van der Waals surface area contributed by atoms with Gasteiger partial charge < -0.3 is 0 Å². The van der Waals surface area contributed by atoms with E-state index in [1.807, 2.05) is 34.6 Å². The topological polar surface area (TPSA) is 80.8 Å². The van der Waals surface area contributed by atoms with Crippen LogP contribution >= 0.6 is 0 Å². The summed E-state index contributed by atoms with van der Waals surface area (Å²) in [7, 11) is -4.02. The van der Waals surface area contributed by atoms with Crippen LogP contribution in [0.3, 0.4) is 0 Å². The molecule has 0 spiro atoms. The lowest BCUT2D eigenvalue weighted by atomic mass is 9.96. The van der Waals surface area contributed by atoms with Crippen molar-refractivity contribution in [3.8, 4) is 0 Å². The summed E-state index contributed by atoms with van der Waals surface area (Å²) >= 11 is 0. The SMILES string of the molecule is CC1(C)C=C(CN2CCCC2)C(C)(C)N1[O].Cc1ccc(S(=O)(=O)O)cc1. The number of hydrogen-bond acceptors (Lipinski definition) is 4. The molecule has 0 aromatic heterocycles. The first-order valence-corrected chi connectivity index (χ1v) is 10.7. The second kappa shape index (κ2) is 8.01. The van der Waals surface area contributed by atoms with Crippen LogP contribution in [-0.2, 0) is 15.3 Å². The molecule has 1 saturated heterocycles. The van der Waals surface area contributed by atoms with E-state index in [2.05, 4.69) is 11.0 Å². The summed E-state index contributed by atoms with van der Waals surface area (Å²) in [5.41, 5.74) is 1.55. The highest BCUT2D eigenvalue weighted by Gasteiger charge is 2.46. The summed E-state index contributed by atoms with van der Waals surface area (Å²) in [6.07, 6.45) is 4.77. The van der Waals surface area contributed by atoms with E-state index < -0.39 is 10.1 Å². The number of hydroxylamine groups is 2. The Hall–Kier alpha value is -1.25. The highest BCUT2D eigenvalue weighted by Crippen LogP contribution is 2.39. The fourth-order valence-electron chi connectivity index (χ4n) is 3.64. The van der Waals surface area contributed by atoms with E-state index in [4.69, 9.17) is 4.55 Å². The van der Waals surface area contributed by atoms with Crippen molar-refractivity contribution in [2.24, 2.45) is 0 Å². The van der Waals surface area contributed by atoms with Gasteiger partial charge in [-0.1, -0.05) is 23.8 Å². The molecule has 7 heteroatoms. The molecule has 0 atom stereocenters. The van der Waals surface area contributed by atoms with Gasteiger partial charge in [0.05, 0.1) is 16.0 Å². The maximum atomic E-state index is 12.2. The predicted molar refractivity (Wildman–Crippen MR) is 105 cm³/mol.